The molecule has 168 valence electrons. The van der Waals surface area contributed by atoms with Crippen LogP contribution >= 0.6 is 0 Å². The number of ketones is 1. The number of hydrogen-bond donors (Lipinski definition) is 0. The summed E-state index contributed by atoms with van der Waals surface area (Å²) in [5.41, 5.74) is 0.856. The molecular formula is C20H18N2O10. The molecule has 2 aromatic carbocycles. The first-order chi connectivity index (χ1) is 15.2. The van der Waals surface area contributed by atoms with E-state index in [2.05, 4.69) is 0 Å². The number of Topliss-reactive ketones (excluding diaryl/α,β-unsaturated/α-hetero) is 1. The van der Waals surface area contributed by atoms with Crippen LogP contribution in [0.1, 0.15) is 29.8 Å². The summed E-state index contributed by atoms with van der Waals surface area (Å²) in [7, 11) is 1.49. The second-order valence-electron chi connectivity index (χ2n) is 6.55. The predicted molar refractivity (Wildman–Crippen MR) is 109 cm³/mol. The van der Waals surface area contributed by atoms with Gasteiger partial charge in [0.05, 0.1) is 46.5 Å². The fourth-order valence-electron chi connectivity index (χ4n) is 3.00. The number of benzene rings is 2. The Morgan fingerprint density at radius 3 is 1.66 bits per heavy atom. The zero-order chi connectivity index (χ0) is 23.4. The number of methoxy groups -OCH3 is 1. The van der Waals surface area contributed by atoms with Gasteiger partial charge >= 0.3 is 0 Å². The summed E-state index contributed by atoms with van der Waals surface area (Å²) in [4.78, 5) is 31.8. The molecule has 0 aliphatic carbocycles. The minimum Gasteiger partial charge on any atom is -0.504 e. The Labute approximate surface area is 181 Å². The quantitative estimate of drug-likeness (QED) is 0.287. The molecule has 12 nitrogen and oxygen atoms in total. The van der Waals surface area contributed by atoms with E-state index in [1.54, 1.807) is 13.0 Å². The lowest BCUT2D eigenvalue weighted by molar-refractivity contribution is -0.385. The van der Waals surface area contributed by atoms with E-state index in [4.69, 9.17) is 23.7 Å². The van der Waals surface area contributed by atoms with Crippen LogP contribution in [0, 0.1) is 20.2 Å². The first-order valence-electron chi connectivity index (χ1n) is 9.09. The van der Waals surface area contributed by atoms with Crippen molar-refractivity contribution in [1.29, 1.82) is 0 Å². The van der Waals surface area contributed by atoms with Crippen LogP contribution in [-0.2, 0) is 4.74 Å². The molecule has 2 aliphatic heterocycles. The summed E-state index contributed by atoms with van der Waals surface area (Å²) in [6.45, 7) is 3.11. The summed E-state index contributed by atoms with van der Waals surface area (Å²) in [5, 5.41) is 21.7. The van der Waals surface area contributed by atoms with Crippen LogP contribution in [0.4, 0.5) is 11.4 Å². The Balaban J connectivity index is 0.000000182. The standard InChI is InChI=1S/C11H11NO5.C9H7NO5/c1-7(5-15-2)8-3-10-11(17-6-16-10)4-9(8)12(13)14;1-5(11)6-2-8-9(15-4-14-8)3-7(6)10(12)13/h3-5H,6H2,1-2H3;2-3H,4H2,1H3. The van der Waals surface area contributed by atoms with Gasteiger partial charge in [-0.25, -0.2) is 0 Å². The molecule has 0 bridgehead atoms. The van der Waals surface area contributed by atoms with Gasteiger partial charge < -0.3 is 23.7 Å². The number of nitrogens with zero attached hydrogens (tertiary/aromatic N) is 2. The molecule has 0 aromatic heterocycles. The molecular weight excluding hydrogens is 428 g/mol. The normalized spacial score (nSPS) is 13.2. The molecule has 0 atom stereocenters. The van der Waals surface area contributed by atoms with Gasteiger partial charge in [0.2, 0.25) is 13.6 Å². The molecule has 0 saturated carbocycles. The highest BCUT2D eigenvalue weighted by molar-refractivity contribution is 5.99. The second-order valence-corrected chi connectivity index (χ2v) is 6.55. The van der Waals surface area contributed by atoms with E-state index in [1.807, 2.05) is 0 Å². The Morgan fingerprint density at radius 1 is 0.844 bits per heavy atom. The molecule has 12 heteroatoms. The maximum Gasteiger partial charge on any atom is 0.284 e. The third-order valence-corrected chi connectivity index (χ3v) is 4.47. The van der Waals surface area contributed by atoms with Gasteiger partial charge in [0.1, 0.15) is 0 Å². The fourth-order valence-corrected chi connectivity index (χ4v) is 3.00. The van der Waals surface area contributed by atoms with Crippen molar-refractivity contribution in [3.05, 3.63) is 61.9 Å². The van der Waals surface area contributed by atoms with E-state index in [-0.39, 0.29) is 36.3 Å². The van der Waals surface area contributed by atoms with Crippen LogP contribution in [0.5, 0.6) is 23.0 Å². The number of carbonyl (C=O) groups is 1. The van der Waals surface area contributed by atoms with Gasteiger partial charge in [-0.05, 0) is 25.5 Å². The zero-order valence-corrected chi connectivity index (χ0v) is 17.3. The number of rotatable bonds is 5. The Kier molecular flexibility index (Phi) is 6.42. The lowest BCUT2D eigenvalue weighted by Gasteiger charge is -2.05. The van der Waals surface area contributed by atoms with Crippen LogP contribution < -0.4 is 18.9 Å². The smallest absolute Gasteiger partial charge is 0.284 e. The Morgan fingerprint density at radius 2 is 1.25 bits per heavy atom. The molecule has 2 heterocycles. The van der Waals surface area contributed by atoms with Gasteiger partial charge in [-0.2, -0.15) is 0 Å². The van der Waals surface area contributed by atoms with Gasteiger partial charge in [-0.3, -0.25) is 25.0 Å². The van der Waals surface area contributed by atoms with E-state index in [9.17, 15) is 25.0 Å². The summed E-state index contributed by atoms with van der Waals surface area (Å²) in [6.07, 6.45) is 1.45. The van der Waals surface area contributed by atoms with Gasteiger partial charge in [-0.1, -0.05) is 0 Å². The highest BCUT2D eigenvalue weighted by atomic mass is 16.7. The molecule has 0 N–H and O–H groups in total. The highest BCUT2D eigenvalue weighted by Crippen LogP contribution is 2.40. The van der Waals surface area contributed by atoms with Gasteiger partial charge in [0.15, 0.2) is 28.8 Å². The second kappa shape index (κ2) is 9.20. The van der Waals surface area contributed by atoms with Crippen molar-refractivity contribution in [3.8, 4) is 23.0 Å². The molecule has 32 heavy (non-hydrogen) atoms. The number of carbonyl (C=O) groups excluding carboxylic acids is 1. The van der Waals surface area contributed by atoms with Crippen molar-refractivity contribution in [2.24, 2.45) is 0 Å². The average molecular weight is 446 g/mol. The molecule has 2 aliphatic rings. The topological polar surface area (TPSA) is 150 Å². The first-order valence-corrected chi connectivity index (χ1v) is 9.09. The van der Waals surface area contributed by atoms with Crippen LogP contribution in [0.2, 0.25) is 0 Å². The minimum atomic E-state index is -0.612. The molecule has 0 saturated heterocycles. The van der Waals surface area contributed by atoms with Crippen LogP contribution in [0.3, 0.4) is 0 Å². The lowest BCUT2D eigenvalue weighted by Crippen LogP contribution is -1.99. The summed E-state index contributed by atoms with van der Waals surface area (Å²) in [6, 6.07) is 5.50. The van der Waals surface area contributed by atoms with Gasteiger partial charge in [-0.15, -0.1) is 0 Å². The van der Waals surface area contributed by atoms with Crippen molar-refractivity contribution >= 4 is 22.7 Å². The summed E-state index contributed by atoms with van der Waals surface area (Å²) < 4.78 is 25.2. The Bertz CT molecular complexity index is 1080. The third kappa shape index (κ3) is 4.53. The average Bonchev–Trinajstić information content (AvgIpc) is 3.40. The zero-order valence-electron chi connectivity index (χ0n) is 17.3. The lowest BCUT2D eigenvalue weighted by atomic mass is 10.1. The molecule has 0 spiro atoms. The largest absolute Gasteiger partial charge is 0.504 e. The SMILES string of the molecule is CC(=O)c1cc2c(cc1[N+](=O)[O-])OCO2.COC=C(C)c1cc2c(cc1[N+](=O)[O-])OCO2. The molecule has 2 aromatic rings. The van der Waals surface area contributed by atoms with Crippen molar-refractivity contribution < 1.29 is 38.3 Å². The van der Waals surface area contributed by atoms with Gasteiger partial charge in [0.25, 0.3) is 11.4 Å². The number of nitro groups is 2. The fraction of sp³-hybridized carbons (Fsp3) is 0.250. The van der Waals surface area contributed by atoms with E-state index in [1.165, 1.54) is 38.5 Å². The number of fused-ring (bicyclic) bond motifs is 2. The molecule has 0 unspecified atom stereocenters. The van der Waals surface area contributed by atoms with E-state index in [0.29, 0.717) is 34.1 Å². The van der Waals surface area contributed by atoms with Crippen molar-refractivity contribution in [1.82, 2.24) is 0 Å². The first kappa shape index (κ1) is 22.3. The van der Waals surface area contributed by atoms with E-state index >= 15 is 0 Å². The van der Waals surface area contributed by atoms with Crippen LogP contribution in [-0.4, -0.2) is 36.3 Å². The highest BCUT2D eigenvalue weighted by Gasteiger charge is 2.25. The monoisotopic (exact) mass is 446 g/mol. The molecule has 4 rings (SSSR count). The summed E-state index contributed by atoms with van der Waals surface area (Å²) >= 11 is 0. The van der Waals surface area contributed by atoms with Gasteiger partial charge in [0, 0.05) is 6.07 Å². The number of ether oxygens (including phenoxy) is 5. The van der Waals surface area contributed by atoms with Crippen molar-refractivity contribution in [2.75, 3.05) is 20.7 Å². The summed E-state index contributed by atoms with van der Waals surface area (Å²) in [5.74, 6) is 1.19. The van der Waals surface area contributed by atoms with Crippen LogP contribution in [0.15, 0.2) is 30.5 Å². The van der Waals surface area contributed by atoms with Crippen molar-refractivity contribution in [2.45, 2.75) is 13.8 Å². The van der Waals surface area contributed by atoms with Crippen molar-refractivity contribution in [3.63, 3.8) is 0 Å². The number of allylic oxidation sites excluding steroid dienone is 1. The Hall–Kier alpha value is -4.35. The number of hydrogen-bond acceptors (Lipinski definition) is 10. The van der Waals surface area contributed by atoms with E-state index in [0.717, 1.165) is 0 Å². The molecule has 0 radical (unpaired) electrons. The minimum absolute atomic E-state index is 0.0217. The van der Waals surface area contributed by atoms with E-state index < -0.39 is 9.85 Å². The number of nitro benzene ring substituents is 2. The maximum atomic E-state index is 11.2. The van der Waals surface area contributed by atoms with Crippen LogP contribution in [0.25, 0.3) is 5.57 Å². The predicted octanol–water partition coefficient (Wildman–Crippen LogP) is 3.86. The molecule has 0 amide bonds. The third-order valence-electron chi connectivity index (χ3n) is 4.47. The maximum absolute atomic E-state index is 11.2. The molecule has 0 fully saturated rings.